The highest BCUT2D eigenvalue weighted by atomic mass is 32.2. The molecule has 35 heavy (non-hydrogen) atoms. The molecule has 182 valence electrons. The number of fused-ring (bicyclic) bond motifs is 1. The molecule has 0 saturated carbocycles. The van der Waals surface area contributed by atoms with Crippen LogP contribution in [0.5, 0.6) is 5.75 Å². The highest BCUT2D eigenvalue weighted by molar-refractivity contribution is 7.92. The van der Waals surface area contributed by atoms with Crippen molar-refractivity contribution < 1.29 is 17.9 Å². The third kappa shape index (κ3) is 5.61. The van der Waals surface area contributed by atoms with Crippen molar-refractivity contribution >= 4 is 48.3 Å². The first-order chi connectivity index (χ1) is 16.8. The number of ether oxygens (including phenoxy) is 1. The molecule has 0 aliphatic rings. The van der Waals surface area contributed by atoms with Crippen LogP contribution in [0.1, 0.15) is 10.4 Å². The van der Waals surface area contributed by atoms with E-state index in [1.165, 1.54) is 30.6 Å². The minimum Gasteiger partial charge on any atom is -0.497 e. The van der Waals surface area contributed by atoms with Gasteiger partial charge >= 0.3 is 0 Å². The smallest absolute Gasteiger partial charge is 0.262 e. The van der Waals surface area contributed by atoms with E-state index in [9.17, 15) is 13.2 Å². The molecular weight excluding hydrogens is 484 g/mol. The number of aromatic nitrogens is 1. The summed E-state index contributed by atoms with van der Waals surface area (Å²) in [6.45, 7) is 1.01. The van der Waals surface area contributed by atoms with Crippen molar-refractivity contribution in [2.75, 3.05) is 43.9 Å². The number of sulfonamides is 1. The molecule has 0 aliphatic heterocycles. The molecule has 3 aromatic carbocycles. The van der Waals surface area contributed by atoms with Gasteiger partial charge in [-0.3, -0.25) is 14.4 Å². The molecule has 0 unspecified atom stereocenters. The summed E-state index contributed by atoms with van der Waals surface area (Å²) >= 11 is 1.42. The molecule has 1 amide bonds. The molecule has 4 aromatic rings. The fourth-order valence-corrected chi connectivity index (χ4v) is 5.49. The molecule has 0 atom stereocenters. The van der Waals surface area contributed by atoms with Gasteiger partial charge < -0.3 is 9.64 Å². The van der Waals surface area contributed by atoms with E-state index in [2.05, 4.69) is 9.71 Å². The molecule has 1 N–H and O–H groups in total. The Balaban J connectivity index is 1.68. The number of carbonyl (C=O) groups is 1. The molecule has 0 spiro atoms. The monoisotopic (exact) mass is 510 g/mol. The number of para-hydroxylation sites is 2. The van der Waals surface area contributed by atoms with Crippen molar-refractivity contribution in [3.63, 3.8) is 0 Å². The Labute approximate surface area is 208 Å². The molecule has 1 heterocycles. The quantitative estimate of drug-likeness (QED) is 0.361. The van der Waals surface area contributed by atoms with E-state index in [0.29, 0.717) is 24.0 Å². The van der Waals surface area contributed by atoms with Gasteiger partial charge in [-0.15, -0.1) is 0 Å². The summed E-state index contributed by atoms with van der Waals surface area (Å²) in [5.74, 6) is 0.214. The van der Waals surface area contributed by atoms with Crippen LogP contribution in [0, 0.1) is 0 Å². The van der Waals surface area contributed by atoms with Gasteiger partial charge in [-0.25, -0.2) is 13.4 Å². The molecule has 10 heteroatoms. The number of hydrogen-bond donors (Lipinski definition) is 1. The lowest BCUT2D eigenvalue weighted by Crippen LogP contribution is -2.37. The maximum Gasteiger partial charge on any atom is 0.262 e. The van der Waals surface area contributed by atoms with Crippen molar-refractivity contribution in [2.24, 2.45) is 0 Å². The Morgan fingerprint density at radius 2 is 1.66 bits per heavy atom. The molecule has 4 rings (SSSR count). The Kier molecular flexibility index (Phi) is 7.34. The molecular formula is C25H26N4O4S2. The Morgan fingerprint density at radius 3 is 2.34 bits per heavy atom. The fourth-order valence-electron chi connectivity index (χ4n) is 3.42. The van der Waals surface area contributed by atoms with Gasteiger partial charge in [0, 0.05) is 13.1 Å². The lowest BCUT2D eigenvalue weighted by Gasteiger charge is -2.23. The topological polar surface area (TPSA) is 91.8 Å². The summed E-state index contributed by atoms with van der Waals surface area (Å²) in [7, 11) is 1.44. The van der Waals surface area contributed by atoms with Gasteiger partial charge in [0.2, 0.25) is 0 Å². The maximum atomic E-state index is 13.8. The fraction of sp³-hybridized carbons (Fsp3) is 0.200. The molecule has 0 radical (unpaired) electrons. The minimum absolute atomic E-state index is 0.0659. The molecule has 0 bridgehead atoms. The molecule has 0 aliphatic carbocycles. The first-order valence-electron chi connectivity index (χ1n) is 10.9. The van der Waals surface area contributed by atoms with Crippen LogP contribution >= 0.6 is 11.3 Å². The van der Waals surface area contributed by atoms with E-state index in [-0.39, 0.29) is 22.1 Å². The van der Waals surface area contributed by atoms with Crippen LogP contribution in [0.15, 0.2) is 77.7 Å². The van der Waals surface area contributed by atoms with Crippen molar-refractivity contribution in [1.82, 2.24) is 9.88 Å². The Morgan fingerprint density at radius 1 is 0.971 bits per heavy atom. The zero-order valence-corrected chi connectivity index (χ0v) is 21.3. The third-order valence-electron chi connectivity index (χ3n) is 5.30. The summed E-state index contributed by atoms with van der Waals surface area (Å²) < 4.78 is 34.8. The first-order valence-corrected chi connectivity index (χ1v) is 13.2. The van der Waals surface area contributed by atoms with E-state index in [1.807, 2.05) is 43.3 Å². The Hall–Kier alpha value is -3.47. The predicted molar refractivity (Wildman–Crippen MR) is 140 cm³/mol. The summed E-state index contributed by atoms with van der Waals surface area (Å²) in [6, 6.07) is 20.3. The standard InChI is InChI=1S/C25H26N4O4S2/c1-28(2)16-17-29(25-26-22-10-6-7-11-23(22)34-25)24(30)20-8-4-5-9-21(20)27-35(31,32)19-14-12-18(33-3)13-15-19/h4-15,27H,16-17H2,1-3H3. The minimum atomic E-state index is -3.93. The summed E-state index contributed by atoms with van der Waals surface area (Å²) in [4.78, 5) is 22.1. The first kappa shape index (κ1) is 24.6. The normalized spacial score (nSPS) is 11.5. The van der Waals surface area contributed by atoms with Gasteiger partial charge in [-0.2, -0.15) is 0 Å². The lowest BCUT2D eigenvalue weighted by atomic mass is 10.1. The zero-order chi connectivity index (χ0) is 25.0. The van der Waals surface area contributed by atoms with Crippen molar-refractivity contribution in [3.8, 4) is 5.75 Å². The van der Waals surface area contributed by atoms with Crippen LogP contribution in [0.2, 0.25) is 0 Å². The highest BCUT2D eigenvalue weighted by Crippen LogP contribution is 2.31. The average Bonchev–Trinajstić information content (AvgIpc) is 3.28. The van der Waals surface area contributed by atoms with Crippen molar-refractivity contribution in [3.05, 3.63) is 78.4 Å². The van der Waals surface area contributed by atoms with Crippen LogP contribution in [0.4, 0.5) is 10.8 Å². The number of nitrogens with zero attached hydrogens (tertiary/aromatic N) is 3. The van der Waals surface area contributed by atoms with Crippen LogP contribution in [-0.2, 0) is 10.0 Å². The van der Waals surface area contributed by atoms with Crippen molar-refractivity contribution in [1.29, 1.82) is 0 Å². The SMILES string of the molecule is COc1ccc(S(=O)(=O)Nc2ccccc2C(=O)N(CCN(C)C)c2nc3ccccc3s2)cc1. The van der Waals surface area contributed by atoms with E-state index >= 15 is 0 Å². The second-order valence-corrected chi connectivity index (χ2v) is 10.7. The van der Waals surface area contributed by atoms with Gasteiger partial charge in [-0.05, 0) is 62.6 Å². The number of methoxy groups -OCH3 is 1. The summed E-state index contributed by atoms with van der Waals surface area (Å²) in [5.41, 5.74) is 1.25. The molecule has 0 saturated heterocycles. The largest absolute Gasteiger partial charge is 0.497 e. The number of rotatable bonds is 9. The second kappa shape index (κ2) is 10.4. The van der Waals surface area contributed by atoms with Crippen LogP contribution in [-0.4, -0.2) is 58.5 Å². The number of amides is 1. The second-order valence-electron chi connectivity index (χ2n) is 8.05. The number of nitrogens with one attached hydrogen (secondary N) is 1. The van der Waals surface area contributed by atoms with E-state index in [4.69, 9.17) is 4.74 Å². The molecule has 0 fully saturated rings. The van der Waals surface area contributed by atoms with Crippen molar-refractivity contribution in [2.45, 2.75) is 4.90 Å². The number of benzene rings is 3. The van der Waals surface area contributed by atoms with Gasteiger partial charge in [0.15, 0.2) is 5.13 Å². The van der Waals surface area contributed by atoms with Gasteiger partial charge in [0.1, 0.15) is 5.75 Å². The van der Waals surface area contributed by atoms with Gasteiger partial charge in [-0.1, -0.05) is 35.6 Å². The molecule has 1 aromatic heterocycles. The summed E-state index contributed by atoms with van der Waals surface area (Å²) in [6.07, 6.45) is 0. The van der Waals surface area contributed by atoms with E-state index in [0.717, 1.165) is 10.2 Å². The number of carbonyl (C=O) groups excluding carboxylic acids is 1. The summed E-state index contributed by atoms with van der Waals surface area (Å²) in [5, 5.41) is 0.561. The lowest BCUT2D eigenvalue weighted by molar-refractivity contribution is 0.0986. The highest BCUT2D eigenvalue weighted by Gasteiger charge is 2.25. The number of thiazole rings is 1. The number of likely N-dealkylation sites (N-methyl/N-ethyl adjacent to an activating group) is 1. The van der Waals surface area contributed by atoms with Gasteiger partial charge in [0.25, 0.3) is 15.9 Å². The maximum absolute atomic E-state index is 13.8. The average molecular weight is 511 g/mol. The van der Waals surface area contributed by atoms with E-state index in [1.54, 1.807) is 41.3 Å². The van der Waals surface area contributed by atoms with E-state index < -0.39 is 10.0 Å². The Bertz CT molecular complexity index is 1400. The van der Waals surface area contributed by atoms with Gasteiger partial charge in [0.05, 0.1) is 33.5 Å². The molecule has 8 nitrogen and oxygen atoms in total. The predicted octanol–water partition coefficient (Wildman–Crippen LogP) is 4.31. The third-order valence-corrected chi connectivity index (χ3v) is 7.74. The van der Waals surface area contributed by atoms with Crippen LogP contribution in [0.25, 0.3) is 10.2 Å². The number of anilines is 2. The number of hydrogen-bond acceptors (Lipinski definition) is 7. The van der Waals surface area contributed by atoms with Crippen LogP contribution in [0.3, 0.4) is 0 Å². The van der Waals surface area contributed by atoms with Crippen LogP contribution < -0.4 is 14.4 Å². The zero-order valence-electron chi connectivity index (χ0n) is 19.6.